The molecule has 1 aromatic heterocycles. The number of aromatic nitrogens is 2. The van der Waals surface area contributed by atoms with Gasteiger partial charge in [-0.05, 0) is 32.9 Å². The van der Waals surface area contributed by atoms with E-state index in [-0.39, 0.29) is 5.60 Å². The molecule has 2 aromatic rings. The van der Waals surface area contributed by atoms with Crippen molar-refractivity contribution in [3.8, 4) is 0 Å². The summed E-state index contributed by atoms with van der Waals surface area (Å²) in [5, 5.41) is 3.42. The second-order valence-corrected chi connectivity index (χ2v) is 5.37. The molecule has 104 valence electrons. The highest BCUT2D eigenvalue weighted by Gasteiger charge is 2.17. The quantitative estimate of drug-likeness (QED) is 0.868. The van der Waals surface area contributed by atoms with Gasteiger partial charge in [0.25, 0.3) is 0 Å². The molecule has 1 aromatic carbocycles. The minimum absolute atomic E-state index is 0.140. The van der Waals surface area contributed by atoms with Crippen molar-refractivity contribution < 1.29 is 4.74 Å². The molecule has 0 radical (unpaired) electrons. The fourth-order valence-corrected chi connectivity index (χ4v) is 2.27. The van der Waals surface area contributed by atoms with Gasteiger partial charge in [-0.1, -0.05) is 12.1 Å². The van der Waals surface area contributed by atoms with Gasteiger partial charge in [0.2, 0.25) is 0 Å². The molecule has 2 rings (SSSR count). The number of rotatable bonds is 6. The van der Waals surface area contributed by atoms with Crippen LogP contribution in [0.25, 0.3) is 11.0 Å². The summed E-state index contributed by atoms with van der Waals surface area (Å²) in [5.41, 5.74) is 2.08. The van der Waals surface area contributed by atoms with E-state index in [4.69, 9.17) is 4.74 Å². The Bertz CT molecular complexity index is 545. The number of hydrogen-bond acceptors (Lipinski definition) is 3. The van der Waals surface area contributed by atoms with Gasteiger partial charge in [0.15, 0.2) is 0 Å². The van der Waals surface area contributed by atoms with Crippen LogP contribution >= 0.6 is 0 Å². The van der Waals surface area contributed by atoms with Crippen LogP contribution in [-0.4, -0.2) is 28.3 Å². The molecule has 1 N–H and O–H groups in total. The largest absolute Gasteiger partial charge is 0.375 e. The van der Waals surface area contributed by atoms with Crippen LogP contribution in [0.4, 0.5) is 0 Å². The monoisotopic (exact) mass is 261 g/mol. The second-order valence-electron chi connectivity index (χ2n) is 5.37. The molecule has 0 aliphatic heterocycles. The summed E-state index contributed by atoms with van der Waals surface area (Å²) in [7, 11) is 2.06. The molecule has 0 bridgehead atoms. The molecule has 0 saturated heterocycles. The van der Waals surface area contributed by atoms with E-state index in [0.29, 0.717) is 0 Å². The van der Waals surface area contributed by atoms with Crippen LogP contribution in [0.2, 0.25) is 0 Å². The van der Waals surface area contributed by atoms with Crippen molar-refractivity contribution in [2.24, 2.45) is 7.05 Å². The lowest BCUT2D eigenvalue weighted by molar-refractivity contribution is -0.00909. The fourth-order valence-electron chi connectivity index (χ4n) is 2.27. The topological polar surface area (TPSA) is 39.1 Å². The first-order valence-electron chi connectivity index (χ1n) is 6.78. The zero-order valence-electron chi connectivity index (χ0n) is 12.2. The molecule has 0 unspecified atom stereocenters. The van der Waals surface area contributed by atoms with Crippen LogP contribution in [0.3, 0.4) is 0 Å². The van der Waals surface area contributed by atoms with Gasteiger partial charge in [-0.15, -0.1) is 0 Å². The van der Waals surface area contributed by atoms with E-state index in [2.05, 4.69) is 41.8 Å². The number of hydrogen-bond donors (Lipinski definition) is 1. The summed E-state index contributed by atoms with van der Waals surface area (Å²) in [6, 6.07) is 8.20. The van der Waals surface area contributed by atoms with E-state index in [1.54, 1.807) is 0 Å². The minimum atomic E-state index is -0.140. The highest BCUT2D eigenvalue weighted by atomic mass is 16.5. The van der Waals surface area contributed by atoms with E-state index in [0.717, 1.165) is 31.0 Å². The Hall–Kier alpha value is -1.39. The number of ether oxygens (including phenoxy) is 1. The van der Waals surface area contributed by atoms with Gasteiger partial charge < -0.3 is 14.6 Å². The Morgan fingerprint density at radius 2 is 2.05 bits per heavy atom. The van der Waals surface area contributed by atoms with Crippen molar-refractivity contribution in [3.05, 3.63) is 30.1 Å². The second kappa shape index (κ2) is 5.72. The standard InChI is InChI=1S/C15H23N3O/c1-5-19-15(2,3)11-16-10-14-17-12-8-6-7-9-13(12)18(14)4/h6-9,16H,5,10-11H2,1-4H3. The molecule has 0 amide bonds. The molecule has 19 heavy (non-hydrogen) atoms. The van der Waals surface area contributed by atoms with Crippen molar-refractivity contribution in [2.45, 2.75) is 32.9 Å². The summed E-state index contributed by atoms with van der Waals surface area (Å²) in [5.74, 6) is 1.05. The summed E-state index contributed by atoms with van der Waals surface area (Å²) < 4.78 is 7.80. The number of nitrogens with zero attached hydrogens (tertiary/aromatic N) is 2. The number of fused-ring (bicyclic) bond motifs is 1. The Labute approximate surface area is 114 Å². The van der Waals surface area contributed by atoms with E-state index < -0.39 is 0 Å². The van der Waals surface area contributed by atoms with Gasteiger partial charge in [-0.2, -0.15) is 0 Å². The first kappa shape index (κ1) is 14.0. The van der Waals surface area contributed by atoms with Crippen molar-refractivity contribution in [2.75, 3.05) is 13.2 Å². The van der Waals surface area contributed by atoms with E-state index in [1.807, 2.05) is 25.1 Å². The van der Waals surface area contributed by atoms with Crippen LogP contribution in [0.5, 0.6) is 0 Å². The van der Waals surface area contributed by atoms with Gasteiger partial charge in [-0.3, -0.25) is 0 Å². The first-order valence-corrected chi connectivity index (χ1v) is 6.78. The third-order valence-electron chi connectivity index (χ3n) is 3.25. The Balaban J connectivity index is 2.00. The summed E-state index contributed by atoms with van der Waals surface area (Å²) in [4.78, 5) is 4.64. The third kappa shape index (κ3) is 3.33. The van der Waals surface area contributed by atoms with E-state index >= 15 is 0 Å². The molecular weight excluding hydrogens is 238 g/mol. The molecular formula is C15H23N3O. The highest BCUT2D eigenvalue weighted by molar-refractivity contribution is 5.75. The molecule has 0 spiro atoms. The summed E-state index contributed by atoms with van der Waals surface area (Å²) >= 11 is 0. The molecule has 0 saturated carbocycles. The Kier molecular flexibility index (Phi) is 4.22. The predicted octanol–water partition coefficient (Wildman–Crippen LogP) is 2.48. The zero-order valence-corrected chi connectivity index (χ0v) is 12.2. The lowest BCUT2D eigenvalue weighted by Gasteiger charge is -2.24. The van der Waals surface area contributed by atoms with Crippen molar-refractivity contribution >= 4 is 11.0 Å². The number of aryl methyl sites for hydroxylation is 1. The van der Waals surface area contributed by atoms with Gasteiger partial charge in [0.1, 0.15) is 5.82 Å². The van der Waals surface area contributed by atoms with E-state index in [1.165, 1.54) is 5.52 Å². The molecule has 1 heterocycles. The average Bonchev–Trinajstić information content (AvgIpc) is 2.67. The highest BCUT2D eigenvalue weighted by Crippen LogP contribution is 2.14. The van der Waals surface area contributed by atoms with E-state index in [9.17, 15) is 0 Å². The molecule has 4 nitrogen and oxygen atoms in total. The fraction of sp³-hybridized carbons (Fsp3) is 0.533. The van der Waals surface area contributed by atoms with Gasteiger partial charge in [0.05, 0.1) is 23.2 Å². The van der Waals surface area contributed by atoms with Gasteiger partial charge >= 0.3 is 0 Å². The molecule has 0 fully saturated rings. The van der Waals surface area contributed by atoms with Crippen molar-refractivity contribution in [1.29, 1.82) is 0 Å². The summed E-state index contributed by atoms with van der Waals surface area (Å²) in [6.07, 6.45) is 0. The number of para-hydroxylation sites is 2. The SMILES string of the molecule is CCOC(C)(C)CNCc1nc2ccccc2n1C. The minimum Gasteiger partial charge on any atom is -0.375 e. The maximum Gasteiger partial charge on any atom is 0.123 e. The van der Waals surface area contributed by atoms with Crippen molar-refractivity contribution in [3.63, 3.8) is 0 Å². The zero-order chi connectivity index (χ0) is 13.9. The van der Waals surface area contributed by atoms with Crippen LogP contribution < -0.4 is 5.32 Å². The average molecular weight is 261 g/mol. The Morgan fingerprint density at radius 3 is 2.74 bits per heavy atom. The summed E-state index contributed by atoms with van der Waals surface area (Å²) in [6.45, 7) is 8.51. The maximum absolute atomic E-state index is 5.67. The van der Waals surface area contributed by atoms with Crippen LogP contribution in [0, 0.1) is 0 Å². The number of benzene rings is 1. The molecule has 0 aliphatic rings. The maximum atomic E-state index is 5.67. The lowest BCUT2D eigenvalue weighted by atomic mass is 10.1. The van der Waals surface area contributed by atoms with Crippen LogP contribution in [0.15, 0.2) is 24.3 Å². The number of imidazole rings is 1. The van der Waals surface area contributed by atoms with Crippen LogP contribution in [-0.2, 0) is 18.3 Å². The van der Waals surface area contributed by atoms with Gasteiger partial charge in [0, 0.05) is 20.2 Å². The van der Waals surface area contributed by atoms with Crippen molar-refractivity contribution in [1.82, 2.24) is 14.9 Å². The lowest BCUT2D eigenvalue weighted by Crippen LogP contribution is -2.37. The molecule has 0 aliphatic carbocycles. The molecule has 0 atom stereocenters. The normalized spacial score (nSPS) is 12.2. The van der Waals surface area contributed by atoms with Gasteiger partial charge in [-0.25, -0.2) is 4.98 Å². The molecule has 4 heteroatoms. The first-order chi connectivity index (χ1) is 9.03. The smallest absolute Gasteiger partial charge is 0.123 e. The van der Waals surface area contributed by atoms with Crippen LogP contribution in [0.1, 0.15) is 26.6 Å². The number of nitrogens with one attached hydrogen (secondary N) is 1. The third-order valence-corrected chi connectivity index (χ3v) is 3.25. The Morgan fingerprint density at radius 1 is 1.32 bits per heavy atom. The predicted molar refractivity (Wildman–Crippen MR) is 78.1 cm³/mol.